The molecule has 0 fully saturated rings. The van der Waals surface area contributed by atoms with Gasteiger partial charge in [-0.2, -0.15) is 0 Å². The normalized spacial score (nSPS) is 15.3. The SMILES string of the molecule is CC(C)C(N)C(C)Cc1ccc(F)cc1. The third-order valence-electron chi connectivity index (χ3n) is 2.90. The quantitative estimate of drug-likeness (QED) is 0.810. The lowest BCUT2D eigenvalue weighted by Crippen LogP contribution is -2.34. The van der Waals surface area contributed by atoms with Crippen LogP contribution in [0.4, 0.5) is 4.39 Å². The summed E-state index contributed by atoms with van der Waals surface area (Å²) in [6, 6.07) is 6.87. The summed E-state index contributed by atoms with van der Waals surface area (Å²) in [5.74, 6) is 0.732. The molecule has 1 nitrogen and oxygen atoms in total. The van der Waals surface area contributed by atoms with E-state index in [1.165, 1.54) is 12.1 Å². The van der Waals surface area contributed by atoms with Crippen molar-refractivity contribution in [3.63, 3.8) is 0 Å². The summed E-state index contributed by atoms with van der Waals surface area (Å²) in [4.78, 5) is 0. The zero-order chi connectivity index (χ0) is 11.4. The fourth-order valence-corrected chi connectivity index (χ4v) is 1.79. The van der Waals surface area contributed by atoms with Crippen molar-refractivity contribution in [1.29, 1.82) is 0 Å². The summed E-state index contributed by atoms with van der Waals surface area (Å²) >= 11 is 0. The Morgan fingerprint density at radius 3 is 2.13 bits per heavy atom. The molecule has 0 aliphatic carbocycles. The molecule has 0 radical (unpaired) electrons. The topological polar surface area (TPSA) is 26.0 Å². The maximum absolute atomic E-state index is 12.7. The lowest BCUT2D eigenvalue weighted by Gasteiger charge is -2.23. The van der Waals surface area contributed by atoms with Gasteiger partial charge in [0.1, 0.15) is 5.82 Å². The number of benzene rings is 1. The third-order valence-corrected chi connectivity index (χ3v) is 2.90. The molecular weight excluding hydrogens is 189 g/mol. The first-order valence-electron chi connectivity index (χ1n) is 5.50. The Morgan fingerprint density at radius 1 is 1.13 bits per heavy atom. The zero-order valence-corrected chi connectivity index (χ0v) is 9.70. The average molecular weight is 209 g/mol. The highest BCUT2D eigenvalue weighted by atomic mass is 19.1. The molecule has 1 rings (SSSR count). The maximum atomic E-state index is 12.7. The van der Waals surface area contributed by atoms with Crippen LogP contribution in [0.15, 0.2) is 24.3 Å². The van der Waals surface area contributed by atoms with E-state index in [2.05, 4.69) is 20.8 Å². The van der Waals surface area contributed by atoms with Crippen molar-refractivity contribution in [3.8, 4) is 0 Å². The van der Waals surface area contributed by atoms with Gasteiger partial charge in [0.2, 0.25) is 0 Å². The summed E-state index contributed by atoms with van der Waals surface area (Å²) < 4.78 is 12.7. The molecule has 0 saturated carbocycles. The first-order valence-corrected chi connectivity index (χ1v) is 5.50. The Bertz CT molecular complexity index is 292. The number of nitrogens with two attached hydrogens (primary N) is 1. The molecule has 0 spiro atoms. The van der Waals surface area contributed by atoms with Crippen LogP contribution in [0.1, 0.15) is 26.3 Å². The molecule has 1 aromatic carbocycles. The van der Waals surface area contributed by atoms with Crippen molar-refractivity contribution < 1.29 is 4.39 Å². The number of hydrogen-bond donors (Lipinski definition) is 1. The molecule has 0 heterocycles. The smallest absolute Gasteiger partial charge is 0.123 e. The van der Waals surface area contributed by atoms with Gasteiger partial charge < -0.3 is 5.73 Å². The van der Waals surface area contributed by atoms with E-state index in [1.807, 2.05) is 12.1 Å². The standard InChI is InChI=1S/C13H20FN/c1-9(2)13(15)10(3)8-11-4-6-12(14)7-5-11/h4-7,9-10,13H,8,15H2,1-3H3. The van der Waals surface area contributed by atoms with Crippen LogP contribution in [0.25, 0.3) is 0 Å². The van der Waals surface area contributed by atoms with E-state index in [4.69, 9.17) is 5.73 Å². The van der Waals surface area contributed by atoms with E-state index < -0.39 is 0 Å². The predicted molar refractivity (Wildman–Crippen MR) is 62.1 cm³/mol. The molecule has 0 aliphatic heterocycles. The van der Waals surface area contributed by atoms with Gasteiger partial charge in [-0.1, -0.05) is 32.9 Å². The Balaban J connectivity index is 2.58. The lowest BCUT2D eigenvalue weighted by molar-refractivity contribution is 0.362. The molecule has 2 atom stereocenters. The van der Waals surface area contributed by atoms with Gasteiger partial charge in [-0.05, 0) is 36.0 Å². The minimum Gasteiger partial charge on any atom is -0.327 e. The van der Waals surface area contributed by atoms with Gasteiger partial charge in [-0.3, -0.25) is 0 Å². The summed E-state index contributed by atoms with van der Waals surface area (Å²) in [7, 11) is 0. The summed E-state index contributed by atoms with van der Waals surface area (Å²) in [5, 5.41) is 0. The highest BCUT2D eigenvalue weighted by Crippen LogP contribution is 2.16. The second-order valence-electron chi connectivity index (χ2n) is 4.63. The Labute approximate surface area is 91.5 Å². The van der Waals surface area contributed by atoms with Crippen LogP contribution in [-0.4, -0.2) is 6.04 Å². The molecular formula is C13H20FN. The molecule has 0 aliphatic rings. The van der Waals surface area contributed by atoms with Crippen LogP contribution in [-0.2, 0) is 6.42 Å². The highest BCUT2D eigenvalue weighted by molar-refractivity contribution is 5.16. The lowest BCUT2D eigenvalue weighted by atomic mass is 9.88. The Kier molecular flexibility index (Phi) is 4.28. The molecule has 0 amide bonds. The van der Waals surface area contributed by atoms with Gasteiger partial charge in [-0.15, -0.1) is 0 Å². The fourth-order valence-electron chi connectivity index (χ4n) is 1.79. The Hall–Kier alpha value is -0.890. The molecule has 2 heteroatoms. The second kappa shape index (κ2) is 5.26. The van der Waals surface area contributed by atoms with E-state index >= 15 is 0 Å². The van der Waals surface area contributed by atoms with Crippen molar-refractivity contribution in [2.75, 3.05) is 0 Å². The van der Waals surface area contributed by atoms with Gasteiger partial charge in [0.05, 0.1) is 0 Å². The predicted octanol–water partition coefficient (Wildman–Crippen LogP) is 2.99. The molecule has 0 bridgehead atoms. The number of hydrogen-bond acceptors (Lipinski definition) is 1. The van der Waals surface area contributed by atoms with Crippen molar-refractivity contribution in [3.05, 3.63) is 35.6 Å². The minimum absolute atomic E-state index is 0.181. The largest absolute Gasteiger partial charge is 0.327 e. The average Bonchev–Trinajstić information content (AvgIpc) is 2.20. The molecule has 84 valence electrons. The molecule has 1 aromatic rings. The van der Waals surface area contributed by atoms with Crippen LogP contribution < -0.4 is 5.73 Å². The third kappa shape index (κ3) is 3.63. The zero-order valence-electron chi connectivity index (χ0n) is 9.70. The first kappa shape index (κ1) is 12.2. The van der Waals surface area contributed by atoms with Crippen LogP contribution in [0, 0.1) is 17.7 Å². The van der Waals surface area contributed by atoms with E-state index in [1.54, 1.807) is 0 Å². The highest BCUT2D eigenvalue weighted by Gasteiger charge is 2.16. The molecule has 15 heavy (non-hydrogen) atoms. The summed E-state index contributed by atoms with van der Waals surface area (Å²) in [5.41, 5.74) is 7.22. The van der Waals surface area contributed by atoms with Crippen molar-refractivity contribution in [2.45, 2.75) is 33.2 Å². The van der Waals surface area contributed by atoms with Crippen LogP contribution >= 0.6 is 0 Å². The maximum Gasteiger partial charge on any atom is 0.123 e. The minimum atomic E-state index is -0.181. The second-order valence-corrected chi connectivity index (χ2v) is 4.63. The van der Waals surface area contributed by atoms with Gasteiger partial charge in [0, 0.05) is 6.04 Å². The summed E-state index contributed by atoms with van der Waals surface area (Å²) in [6.07, 6.45) is 0.916. The van der Waals surface area contributed by atoms with E-state index in [0.717, 1.165) is 12.0 Å². The van der Waals surface area contributed by atoms with Gasteiger partial charge >= 0.3 is 0 Å². The van der Waals surface area contributed by atoms with E-state index in [-0.39, 0.29) is 11.9 Å². The van der Waals surface area contributed by atoms with Crippen LogP contribution in [0.3, 0.4) is 0 Å². The van der Waals surface area contributed by atoms with Gasteiger partial charge in [0.25, 0.3) is 0 Å². The van der Waals surface area contributed by atoms with Gasteiger partial charge in [-0.25, -0.2) is 4.39 Å². The molecule has 0 saturated heterocycles. The van der Waals surface area contributed by atoms with Gasteiger partial charge in [0.15, 0.2) is 0 Å². The first-order chi connectivity index (χ1) is 7.00. The monoisotopic (exact) mass is 209 g/mol. The molecule has 2 unspecified atom stereocenters. The Morgan fingerprint density at radius 2 is 1.67 bits per heavy atom. The number of rotatable bonds is 4. The van der Waals surface area contributed by atoms with E-state index in [9.17, 15) is 4.39 Å². The molecule has 2 N–H and O–H groups in total. The van der Waals surface area contributed by atoms with Crippen LogP contribution in [0.2, 0.25) is 0 Å². The van der Waals surface area contributed by atoms with Crippen molar-refractivity contribution in [1.82, 2.24) is 0 Å². The van der Waals surface area contributed by atoms with Crippen molar-refractivity contribution in [2.24, 2.45) is 17.6 Å². The fraction of sp³-hybridized carbons (Fsp3) is 0.538. The van der Waals surface area contributed by atoms with Crippen molar-refractivity contribution >= 4 is 0 Å². The molecule has 0 aromatic heterocycles. The summed E-state index contributed by atoms with van der Waals surface area (Å²) in [6.45, 7) is 6.41. The van der Waals surface area contributed by atoms with Crippen LogP contribution in [0.5, 0.6) is 0 Å². The number of halogens is 1. The van der Waals surface area contributed by atoms with E-state index in [0.29, 0.717) is 11.8 Å².